The maximum atomic E-state index is 13.3. The molecular formula is C12H16F2O2. The SMILES string of the molecule is COC(C)CCC(O)c1c(F)cccc1F. The number of ether oxygens (including phenoxy) is 1. The van der Waals surface area contributed by atoms with Gasteiger partial charge in [0.05, 0.1) is 17.8 Å². The van der Waals surface area contributed by atoms with Crippen LogP contribution in [0.25, 0.3) is 0 Å². The van der Waals surface area contributed by atoms with Crippen LogP contribution in [0.15, 0.2) is 18.2 Å². The van der Waals surface area contributed by atoms with Gasteiger partial charge in [0.2, 0.25) is 0 Å². The normalized spacial score (nSPS) is 14.8. The minimum Gasteiger partial charge on any atom is -0.388 e. The summed E-state index contributed by atoms with van der Waals surface area (Å²) in [5.41, 5.74) is -0.259. The van der Waals surface area contributed by atoms with Crippen LogP contribution in [0.1, 0.15) is 31.4 Å². The van der Waals surface area contributed by atoms with Crippen LogP contribution in [0.4, 0.5) is 8.78 Å². The lowest BCUT2D eigenvalue weighted by atomic mass is 10.0. The second kappa shape index (κ2) is 5.92. The van der Waals surface area contributed by atoms with Gasteiger partial charge in [0.15, 0.2) is 0 Å². The molecule has 1 aromatic carbocycles. The summed E-state index contributed by atoms with van der Waals surface area (Å²) < 4.78 is 31.6. The molecule has 90 valence electrons. The first-order chi connectivity index (χ1) is 7.56. The van der Waals surface area contributed by atoms with E-state index in [0.717, 1.165) is 12.1 Å². The van der Waals surface area contributed by atoms with E-state index in [-0.39, 0.29) is 18.1 Å². The van der Waals surface area contributed by atoms with Crippen LogP contribution >= 0.6 is 0 Å². The fourth-order valence-corrected chi connectivity index (χ4v) is 1.48. The van der Waals surface area contributed by atoms with Gasteiger partial charge in [-0.25, -0.2) is 8.78 Å². The summed E-state index contributed by atoms with van der Waals surface area (Å²) in [7, 11) is 1.56. The highest BCUT2D eigenvalue weighted by molar-refractivity contribution is 5.21. The van der Waals surface area contributed by atoms with Gasteiger partial charge >= 0.3 is 0 Å². The monoisotopic (exact) mass is 230 g/mol. The molecule has 0 aromatic heterocycles. The Morgan fingerprint density at radius 2 is 1.81 bits per heavy atom. The molecule has 1 N–H and O–H groups in total. The Morgan fingerprint density at radius 3 is 2.31 bits per heavy atom. The number of rotatable bonds is 5. The molecular weight excluding hydrogens is 214 g/mol. The maximum absolute atomic E-state index is 13.3. The molecule has 0 heterocycles. The van der Waals surface area contributed by atoms with E-state index >= 15 is 0 Å². The van der Waals surface area contributed by atoms with Gasteiger partial charge in [0.25, 0.3) is 0 Å². The Kier molecular flexibility index (Phi) is 4.83. The summed E-state index contributed by atoms with van der Waals surface area (Å²) >= 11 is 0. The van der Waals surface area contributed by atoms with Crippen molar-refractivity contribution in [3.05, 3.63) is 35.4 Å². The second-order valence-electron chi connectivity index (χ2n) is 3.77. The van der Waals surface area contributed by atoms with E-state index in [1.165, 1.54) is 6.07 Å². The van der Waals surface area contributed by atoms with Gasteiger partial charge in [-0.1, -0.05) is 6.07 Å². The van der Waals surface area contributed by atoms with Crippen LogP contribution in [0.3, 0.4) is 0 Å². The van der Waals surface area contributed by atoms with E-state index < -0.39 is 17.7 Å². The first kappa shape index (κ1) is 13.1. The van der Waals surface area contributed by atoms with E-state index in [1.54, 1.807) is 7.11 Å². The molecule has 0 saturated carbocycles. The number of hydrogen-bond acceptors (Lipinski definition) is 2. The van der Waals surface area contributed by atoms with Crippen molar-refractivity contribution in [1.82, 2.24) is 0 Å². The van der Waals surface area contributed by atoms with E-state index in [1.807, 2.05) is 6.92 Å². The summed E-state index contributed by atoms with van der Waals surface area (Å²) in [6, 6.07) is 3.56. The average molecular weight is 230 g/mol. The summed E-state index contributed by atoms with van der Waals surface area (Å²) in [6.45, 7) is 1.84. The number of benzene rings is 1. The maximum Gasteiger partial charge on any atom is 0.131 e. The molecule has 0 aliphatic heterocycles. The molecule has 0 aliphatic carbocycles. The Hall–Kier alpha value is -1.00. The third-order valence-electron chi connectivity index (χ3n) is 2.58. The van der Waals surface area contributed by atoms with Crippen LogP contribution in [-0.4, -0.2) is 18.3 Å². The molecule has 1 aromatic rings. The van der Waals surface area contributed by atoms with Crippen LogP contribution in [0, 0.1) is 11.6 Å². The number of methoxy groups -OCH3 is 1. The summed E-state index contributed by atoms with van der Waals surface area (Å²) in [6.07, 6.45) is -0.346. The Bertz CT molecular complexity index is 322. The highest BCUT2D eigenvalue weighted by Gasteiger charge is 2.18. The van der Waals surface area contributed by atoms with Gasteiger partial charge in [-0.2, -0.15) is 0 Å². The summed E-state index contributed by atoms with van der Waals surface area (Å²) in [5, 5.41) is 9.69. The fourth-order valence-electron chi connectivity index (χ4n) is 1.48. The largest absolute Gasteiger partial charge is 0.388 e. The van der Waals surface area contributed by atoms with Crippen LogP contribution in [0.2, 0.25) is 0 Å². The van der Waals surface area contributed by atoms with Crippen LogP contribution in [0.5, 0.6) is 0 Å². The van der Waals surface area contributed by atoms with Gasteiger partial charge in [0.1, 0.15) is 11.6 Å². The predicted molar refractivity (Wildman–Crippen MR) is 57.0 cm³/mol. The quantitative estimate of drug-likeness (QED) is 0.842. The Morgan fingerprint density at radius 1 is 1.25 bits per heavy atom. The lowest BCUT2D eigenvalue weighted by molar-refractivity contribution is 0.0829. The summed E-state index contributed by atoms with van der Waals surface area (Å²) in [4.78, 5) is 0. The Balaban J connectivity index is 2.69. The van der Waals surface area contributed by atoms with Crippen LogP contribution < -0.4 is 0 Å². The zero-order valence-electron chi connectivity index (χ0n) is 9.41. The lowest BCUT2D eigenvalue weighted by Crippen LogP contribution is -2.10. The van der Waals surface area contributed by atoms with E-state index in [9.17, 15) is 13.9 Å². The van der Waals surface area contributed by atoms with Gasteiger partial charge in [0, 0.05) is 7.11 Å². The number of aliphatic hydroxyl groups is 1. The van der Waals surface area contributed by atoms with Gasteiger partial charge in [-0.05, 0) is 31.9 Å². The molecule has 2 unspecified atom stereocenters. The zero-order chi connectivity index (χ0) is 12.1. The van der Waals surface area contributed by atoms with Crippen molar-refractivity contribution < 1.29 is 18.6 Å². The summed E-state index contributed by atoms with van der Waals surface area (Å²) in [5.74, 6) is -1.42. The number of halogens is 2. The van der Waals surface area contributed by atoms with Gasteiger partial charge in [-0.15, -0.1) is 0 Å². The Labute approximate surface area is 93.9 Å². The minimum absolute atomic E-state index is 0.0375. The van der Waals surface area contributed by atoms with Crippen molar-refractivity contribution >= 4 is 0 Å². The average Bonchev–Trinajstić information content (AvgIpc) is 2.25. The van der Waals surface area contributed by atoms with E-state index in [2.05, 4.69) is 0 Å². The fraction of sp³-hybridized carbons (Fsp3) is 0.500. The van der Waals surface area contributed by atoms with Crippen molar-refractivity contribution in [1.29, 1.82) is 0 Å². The van der Waals surface area contributed by atoms with Crippen LogP contribution in [-0.2, 0) is 4.74 Å². The highest BCUT2D eigenvalue weighted by atomic mass is 19.1. The molecule has 0 bridgehead atoms. The minimum atomic E-state index is -1.13. The molecule has 0 aliphatic rings. The molecule has 0 radical (unpaired) electrons. The molecule has 1 rings (SSSR count). The molecule has 16 heavy (non-hydrogen) atoms. The molecule has 0 amide bonds. The molecule has 0 fully saturated rings. The molecule has 4 heteroatoms. The first-order valence-corrected chi connectivity index (χ1v) is 5.21. The first-order valence-electron chi connectivity index (χ1n) is 5.21. The van der Waals surface area contributed by atoms with Gasteiger partial charge < -0.3 is 9.84 Å². The standard InChI is InChI=1S/C12H16F2O2/c1-8(16-2)6-7-11(15)12-9(13)4-3-5-10(12)14/h3-5,8,11,15H,6-7H2,1-2H3. The topological polar surface area (TPSA) is 29.5 Å². The lowest BCUT2D eigenvalue weighted by Gasteiger charge is -2.15. The van der Waals surface area contributed by atoms with Crippen molar-refractivity contribution in [2.24, 2.45) is 0 Å². The number of hydrogen-bond donors (Lipinski definition) is 1. The van der Waals surface area contributed by atoms with E-state index in [0.29, 0.717) is 6.42 Å². The third kappa shape index (κ3) is 3.25. The molecule has 2 nitrogen and oxygen atoms in total. The zero-order valence-corrected chi connectivity index (χ0v) is 9.41. The molecule has 0 spiro atoms. The predicted octanol–water partition coefficient (Wildman–Crippen LogP) is 2.81. The molecule has 2 atom stereocenters. The number of aliphatic hydroxyl groups excluding tert-OH is 1. The van der Waals surface area contributed by atoms with Crippen molar-refractivity contribution in [3.8, 4) is 0 Å². The van der Waals surface area contributed by atoms with Crippen molar-refractivity contribution in [2.45, 2.75) is 32.0 Å². The highest BCUT2D eigenvalue weighted by Crippen LogP contribution is 2.24. The smallest absolute Gasteiger partial charge is 0.131 e. The van der Waals surface area contributed by atoms with Gasteiger partial charge in [-0.3, -0.25) is 0 Å². The second-order valence-corrected chi connectivity index (χ2v) is 3.77. The molecule has 0 saturated heterocycles. The van der Waals surface area contributed by atoms with Crippen molar-refractivity contribution in [2.75, 3.05) is 7.11 Å². The third-order valence-corrected chi connectivity index (χ3v) is 2.58. The van der Waals surface area contributed by atoms with E-state index in [4.69, 9.17) is 4.74 Å². The van der Waals surface area contributed by atoms with Crippen molar-refractivity contribution in [3.63, 3.8) is 0 Å².